The summed E-state index contributed by atoms with van der Waals surface area (Å²) in [5.74, 6) is -2.81. The number of rotatable bonds is 6. The molecule has 1 heterocycles. The van der Waals surface area contributed by atoms with Crippen LogP contribution < -0.4 is 10.2 Å². The third-order valence-electron chi connectivity index (χ3n) is 6.08. The van der Waals surface area contributed by atoms with E-state index in [1.165, 1.54) is 12.1 Å². The van der Waals surface area contributed by atoms with Gasteiger partial charge in [0.05, 0.1) is 13.1 Å². The highest BCUT2D eigenvalue weighted by Crippen LogP contribution is 2.22. The average Bonchev–Trinajstić information content (AvgIpc) is 2.85. The molecule has 1 aliphatic rings. The molecule has 10 heteroatoms. The Morgan fingerprint density at radius 1 is 0.889 bits per heavy atom. The number of hydrogen-bond donors (Lipinski definition) is 1. The van der Waals surface area contributed by atoms with E-state index in [0.717, 1.165) is 24.3 Å². The summed E-state index contributed by atoms with van der Waals surface area (Å²) in [6.45, 7) is 8.72. The van der Waals surface area contributed by atoms with Crippen LogP contribution in [-0.4, -0.2) is 72.0 Å². The number of halogens is 3. The second-order valence-corrected chi connectivity index (χ2v) is 9.65. The van der Waals surface area contributed by atoms with E-state index in [4.69, 9.17) is 0 Å². The molecule has 1 aliphatic heterocycles. The SMILES string of the molecule is CC(C)(C)N1CCN(C(=O)N(Cc2ccc(C(=O)CNC(=O)C(F)(F)F)cc2)c2ccccc2)CC1. The van der Waals surface area contributed by atoms with Gasteiger partial charge in [0, 0.05) is 43.0 Å². The average molecular weight is 505 g/mol. The van der Waals surface area contributed by atoms with Crippen molar-refractivity contribution < 1.29 is 27.6 Å². The van der Waals surface area contributed by atoms with Crippen molar-refractivity contribution in [3.05, 3.63) is 65.7 Å². The van der Waals surface area contributed by atoms with Gasteiger partial charge in [-0.3, -0.25) is 19.4 Å². The van der Waals surface area contributed by atoms with Gasteiger partial charge >= 0.3 is 18.1 Å². The third-order valence-corrected chi connectivity index (χ3v) is 6.08. The minimum atomic E-state index is -5.04. The molecule has 0 saturated carbocycles. The number of para-hydroxylation sites is 1. The molecule has 1 N–H and O–H groups in total. The Bertz CT molecular complexity index is 1060. The molecule has 3 rings (SSSR count). The third kappa shape index (κ3) is 7.07. The summed E-state index contributed by atoms with van der Waals surface area (Å²) in [6, 6.07) is 15.4. The molecule has 7 nitrogen and oxygen atoms in total. The molecule has 2 aromatic carbocycles. The topological polar surface area (TPSA) is 73.0 Å². The molecule has 1 saturated heterocycles. The maximum absolute atomic E-state index is 13.5. The van der Waals surface area contributed by atoms with Crippen LogP contribution in [0.1, 0.15) is 36.7 Å². The van der Waals surface area contributed by atoms with E-state index >= 15 is 0 Å². The van der Waals surface area contributed by atoms with Gasteiger partial charge < -0.3 is 10.2 Å². The molecule has 3 amide bonds. The van der Waals surface area contributed by atoms with E-state index in [9.17, 15) is 27.6 Å². The molecule has 2 aromatic rings. The van der Waals surface area contributed by atoms with Gasteiger partial charge in [0.15, 0.2) is 5.78 Å². The summed E-state index contributed by atoms with van der Waals surface area (Å²) in [7, 11) is 0. The van der Waals surface area contributed by atoms with Crippen LogP contribution in [0.15, 0.2) is 54.6 Å². The highest BCUT2D eigenvalue weighted by atomic mass is 19.4. The van der Waals surface area contributed by atoms with Crippen molar-refractivity contribution >= 4 is 23.4 Å². The fraction of sp³-hybridized carbons (Fsp3) is 0.423. The van der Waals surface area contributed by atoms with E-state index < -0.39 is 24.4 Å². The first-order valence-electron chi connectivity index (χ1n) is 11.7. The van der Waals surface area contributed by atoms with Gasteiger partial charge in [-0.05, 0) is 38.5 Å². The summed E-state index contributed by atoms with van der Waals surface area (Å²) in [4.78, 5) is 42.5. The number of urea groups is 1. The first kappa shape index (κ1) is 27.2. The fourth-order valence-electron chi connectivity index (χ4n) is 3.96. The molecule has 0 bridgehead atoms. The second-order valence-electron chi connectivity index (χ2n) is 9.65. The number of hydrogen-bond acceptors (Lipinski definition) is 4. The predicted octanol–water partition coefficient (Wildman–Crippen LogP) is 4.09. The molecular weight excluding hydrogens is 473 g/mol. The van der Waals surface area contributed by atoms with E-state index in [1.54, 1.807) is 22.3 Å². The Balaban J connectivity index is 1.69. The maximum atomic E-state index is 13.5. The number of carbonyl (C=O) groups excluding carboxylic acids is 3. The fourth-order valence-corrected chi connectivity index (χ4v) is 3.96. The van der Waals surface area contributed by atoms with E-state index in [-0.39, 0.29) is 23.7 Å². The van der Waals surface area contributed by atoms with Gasteiger partial charge in [0.1, 0.15) is 0 Å². The van der Waals surface area contributed by atoms with E-state index in [0.29, 0.717) is 13.1 Å². The lowest BCUT2D eigenvalue weighted by atomic mass is 10.1. The lowest BCUT2D eigenvalue weighted by Gasteiger charge is -2.43. The number of nitrogens with one attached hydrogen (secondary N) is 1. The standard InChI is InChI=1S/C26H31F3N4O3/c1-25(2,3)32-15-13-31(14-16-32)24(36)33(21-7-5-4-6-8-21)18-19-9-11-20(12-10-19)22(34)17-30-23(35)26(27,28)29/h4-12H,13-18H2,1-3H3,(H,30,35). The summed E-state index contributed by atoms with van der Waals surface area (Å²) >= 11 is 0. The zero-order valence-electron chi connectivity index (χ0n) is 20.6. The number of nitrogens with zero attached hydrogens (tertiary/aromatic N) is 3. The molecular formula is C26H31F3N4O3. The van der Waals surface area contributed by atoms with Crippen LogP contribution in [0.3, 0.4) is 0 Å². The molecule has 36 heavy (non-hydrogen) atoms. The number of ketones is 1. The second kappa shape index (κ2) is 11.1. The van der Waals surface area contributed by atoms with Crippen molar-refractivity contribution in [3.8, 4) is 0 Å². The van der Waals surface area contributed by atoms with Crippen LogP contribution in [0.4, 0.5) is 23.7 Å². The maximum Gasteiger partial charge on any atom is 0.471 e. The van der Waals surface area contributed by atoms with Crippen LogP contribution >= 0.6 is 0 Å². The van der Waals surface area contributed by atoms with Crippen molar-refractivity contribution in [2.24, 2.45) is 0 Å². The minimum absolute atomic E-state index is 0.0307. The summed E-state index contributed by atoms with van der Waals surface area (Å²) in [6.07, 6.45) is -5.04. The van der Waals surface area contributed by atoms with Gasteiger partial charge in [-0.1, -0.05) is 42.5 Å². The number of Topliss-reactive ketones (excluding diaryl/α,β-unsaturated/α-hetero) is 1. The molecule has 0 unspecified atom stereocenters. The first-order valence-corrected chi connectivity index (χ1v) is 11.7. The quantitative estimate of drug-likeness (QED) is 0.602. The van der Waals surface area contributed by atoms with Crippen molar-refractivity contribution in [3.63, 3.8) is 0 Å². The molecule has 0 aromatic heterocycles. The van der Waals surface area contributed by atoms with Crippen LogP contribution in [0.25, 0.3) is 0 Å². The molecule has 0 radical (unpaired) electrons. The predicted molar refractivity (Wildman–Crippen MR) is 131 cm³/mol. The van der Waals surface area contributed by atoms with E-state index in [2.05, 4.69) is 25.7 Å². The van der Waals surface area contributed by atoms with Gasteiger partial charge in [0.2, 0.25) is 0 Å². The zero-order chi connectivity index (χ0) is 26.5. The Hall–Kier alpha value is -3.40. The summed E-state index contributed by atoms with van der Waals surface area (Å²) < 4.78 is 37.0. The Labute approximate surface area is 208 Å². The van der Waals surface area contributed by atoms with Crippen molar-refractivity contribution in [2.45, 2.75) is 39.0 Å². The van der Waals surface area contributed by atoms with Crippen LogP contribution in [-0.2, 0) is 11.3 Å². The molecule has 0 aliphatic carbocycles. The van der Waals surface area contributed by atoms with Crippen molar-refractivity contribution in [2.75, 3.05) is 37.6 Å². The Kier molecular flexibility index (Phi) is 8.39. The van der Waals surface area contributed by atoms with Gasteiger partial charge in [0.25, 0.3) is 0 Å². The van der Waals surface area contributed by atoms with Crippen molar-refractivity contribution in [1.82, 2.24) is 15.1 Å². The van der Waals surface area contributed by atoms with E-state index in [1.807, 2.05) is 35.2 Å². The number of alkyl halides is 3. The van der Waals surface area contributed by atoms with Gasteiger partial charge in [-0.25, -0.2) is 4.79 Å². The number of piperazine rings is 1. The molecule has 0 spiro atoms. The van der Waals surface area contributed by atoms with Crippen LogP contribution in [0.2, 0.25) is 0 Å². The highest BCUT2D eigenvalue weighted by Gasteiger charge is 2.38. The smallest absolute Gasteiger partial charge is 0.341 e. The highest BCUT2D eigenvalue weighted by molar-refractivity contribution is 5.99. The van der Waals surface area contributed by atoms with Crippen LogP contribution in [0, 0.1) is 0 Å². The normalized spacial score (nSPS) is 14.9. The largest absolute Gasteiger partial charge is 0.471 e. The lowest BCUT2D eigenvalue weighted by molar-refractivity contribution is -0.173. The number of anilines is 1. The van der Waals surface area contributed by atoms with Crippen molar-refractivity contribution in [1.29, 1.82) is 0 Å². The Morgan fingerprint density at radius 3 is 2.00 bits per heavy atom. The number of carbonyl (C=O) groups is 3. The Morgan fingerprint density at radius 2 is 1.47 bits per heavy atom. The molecule has 1 fully saturated rings. The monoisotopic (exact) mass is 504 g/mol. The van der Waals surface area contributed by atoms with Gasteiger partial charge in [-0.15, -0.1) is 0 Å². The van der Waals surface area contributed by atoms with Crippen LogP contribution in [0.5, 0.6) is 0 Å². The lowest BCUT2D eigenvalue weighted by Crippen LogP contribution is -2.57. The minimum Gasteiger partial charge on any atom is -0.341 e. The number of amides is 3. The molecule has 0 atom stereocenters. The molecule has 194 valence electrons. The summed E-state index contributed by atoms with van der Waals surface area (Å²) in [5, 5.41) is 1.58. The number of benzene rings is 2. The van der Waals surface area contributed by atoms with Gasteiger partial charge in [-0.2, -0.15) is 13.2 Å². The first-order chi connectivity index (χ1) is 16.9. The summed E-state index contributed by atoms with van der Waals surface area (Å²) in [5.41, 5.74) is 1.67. The zero-order valence-corrected chi connectivity index (χ0v) is 20.6.